The summed E-state index contributed by atoms with van der Waals surface area (Å²) in [6.45, 7) is 4.42. The highest BCUT2D eigenvalue weighted by molar-refractivity contribution is 5.27. The van der Waals surface area contributed by atoms with E-state index in [-0.39, 0.29) is 6.04 Å². The van der Waals surface area contributed by atoms with Gasteiger partial charge in [-0.2, -0.15) is 13.2 Å². The zero-order valence-electron chi connectivity index (χ0n) is 12.0. The minimum Gasteiger partial charge on any atom is -0.306 e. The Morgan fingerprint density at radius 3 is 2.43 bits per heavy atom. The van der Waals surface area contributed by atoms with Crippen LogP contribution in [-0.4, -0.2) is 0 Å². The van der Waals surface area contributed by atoms with Gasteiger partial charge < -0.3 is 5.32 Å². The fraction of sp³-hybridized carbons (Fsp3) is 0.294. The van der Waals surface area contributed by atoms with Gasteiger partial charge in [-0.05, 0) is 31.0 Å². The molecule has 1 atom stereocenters. The van der Waals surface area contributed by atoms with E-state index in [4.69, 9.17) is 0 Å². The highest BCUT2D eigenvalue weighted by Crippen LogP contribution is 2.29. The predicted octanol–water partition coefficient (Wildman–Crippen LogP) is 4.86. The fourth-order valence-corrected chi connectivity index (χ4v) is 2.19. The quantitative estimate of drug-likeness (QED) is 0.848. The largest absolute Gasteiger partial charge is 0.416 e. The van der Waals surface area contributed by atoms with Crippen LogP contribution >= 0.6 is 0 Å². The van der Waals surface area contributed by atoms with Crippen molar-refractivity contribution in [1.82, 2.24) is 5.32 Å². The van der Waals surface area contributed by atoms with Crippen LogP contribution < -0.4 is 5.32 Å². The maximum absolute atomic E-state index is 12.7. The Bertz CT molecular complexity index is 605. The molecule has 112 valence electrons. The van der Waals surface area contributed by atoms with Crippen LogP contribution in [0.25, 0.3) is 0 Å². The first-order valence-electron chi connectivity index (χ1n) is 6.82. The number of hydrogen-bond donors (Lipinski definition) is 1. The van der Waals surface area contributed by atoms with Gasteiger partial charge in [-0.25, -0.2) is 0 Å². The molecular formula is C17H18F3N. The van der Waals surface area contributed by atoms with E-state index in [0.29, 0.717) is 12.1 Å². The second kappa shape index (κ2) is 6.31. The van der Waals surface area contributed by atoms with Gasteiger partial charge in [-0.3, -0.25) is 0 Å². The minimum atomic E-state index is -4.29. The van der Waals surface area contributed by atoms with Crippen molar-refractivity contribution in [3.63, 3.8) is 0 Å². The molecule has 0 aliphatic carbocycles. The Hall–Kier alpha value is -1.81. The van der Waals surface area contributed by atoms with Crippen molar-refractivity contribution in [2.24, 2.45) is 0 Å². The van der Waals surface area contributed by atoms with Gasteiger partial charge in [0, 0.05) is 12.6 Å². The van der Waals surface area contributed by atoms with Crippen LogP contribution in [0, 0.1) is 6.92 Å². The Balaban J connectivity index is 2.03. The number of hydrogen-bond acceptors (Lipinski definition) is 1. The summed E-state index contributed by atoms with van der Waals surface area (Å²) in [7, 11) is 0. The summed E-state index contributed by atoms with van der Waals surface area (Å²) in [5.41, 5.74) is 2.32. The fourth-order valence-electron chi connectivity index (χ4n) is 2.19. The first-order valence-corrected chi connectivity index (χ1v) is 6.82. The lowest BCUT2D eigenvalue weighted by Crippen LogP contribution is -2.18. The summed E-state index contributed by atoms with van der Waals surface area (Å²) in [6, 6.07) is 13.6. The molecule has 4 heteroatoms. The van der Waals surface area contributed by atoms with E-state index >= 15 is 0 Å². The maximum Gasteiger partial charge on any atom is 0.416 e. The molecular weight excluding hydrogens is 275 g/mol. The molecule has 0 aromatic heterocycles. The minimum absolute atomic E-state index is 0.0828. The molecule has 2 aromatic rings. The highest BCUT2D eigenvalue weighted by Gasteiger charge is 2.30. The standard InChI is InChI=1S/C17H18F3N/c1-12-5-3-7-15(9-12)13(2)21-11-14-6-4-8-16(10-14)17(18,19)20/h3-10,13,21H,11H2,1-2H3/t13-/m1/s1. The van der Waals surface area contributed by atoms with E-state index in [0.717, 1.165) is 11.6 Å². The molecule has 0 spiro atoms. The van der Waals surface area contributed by atoms with Crippen molar-refractivity contribution in [2.75, 3.05) is 0 Å². The topological polar surface area (TPSA) is 12.0 Å². The van der Waals surface area contributed by atoms with Crippen LogP contribution in [0.1, 0.15) is 35.2 Å². The molecule has 0 amide bonds. The molecule has 0 radical (unpaired) electrons. The lowest BCUT2D eigenvalue weighted by atomic mass is 10.1. The average molecular weight is 293 g/mol. The van der Waals surface area contributed by atoms with Crippen LogP contribution in [-0.2, 0) is 12.7 Å². The lowest BCUT2D eigenvalue weighted by molar-refractivity contribution is -0.137. The highest BCUT2D eigenvalue weighted by atomic mass is 19.4. The third-order valence-corrected chi connectivity index (χ3v) is 3.41. The first kappa shape index (κ1) is 15.6. The Kier molecular flexibility index (Phi) is 4.68. The summed E-state index contributed by atoms with van der Waals surface area (Å²) >= 11 is 0. The van der Waals surface area contributed by atoms with Crippen molar-refractivity contribution < 1.29 is 13.2 Å². The van der Waals surface area contributed by atoms with E-state index in [1.54, 1.807) is 6.07 Å². The van der Waals surface area contributed by atoms with E-state index in [9.17, 15) is 13.2 Å². The van der Waals surface area contributed by atoms with E-state index < -0.39 is 11.7 Å². The molecule has 21 heavy (non-hydrogen) atoms. The summed E-state index contributed by atoms with van der Waals surface area (Å²) in [5.74, 6) is 0. The van der Waals surface area contributed by atoms with Crippen molar-refractivity contribution in [1.29, 1.82) is 0 Å². The Labute approximate surface area is 122 Å². The molecule has 0 saturated carbocycles. The predicted molar refractivity (Wildman–Crippen MR) is 77.9 cm³/mol. The van der Waals surface area contributed by atoms with Crippen LogP contribution in [0.15, 0.2) is 48.5 Å². The number of alkyl halides is 3. The van der Waals surface area contributed by atoms with Crippen LogP contribution in [0.4, 0.5) is 13.2 Å². The molecule has 0 aliphatic rings. The SMILES string of the molecule is Cc1cccc([C@@H](C)NCc2cccc(C(F)(F)F)c2)c1. The summed E-state index contributed by atoms with van der Waals surface area (Å²) in [6.07, 6.45) is -4.29. The van der Waals surface area contributed by atoms with Gasteiger partial charge in [0.05, 0.1) is 5.56 Å². The van der Waals surface area contributed by atoms with Crippen LogP contribution in [0.5, 0.6) is 0 Å². The molecule has 0 heterocycles. The van der Waals surface area contributed by atoms with Gasteiger partial charge in [0.15, 0.2) is 0 Å². The molecule has 0 bridgehead atoms. The normalized spacial score (nSPS) is 13.2. The molecule has 1 N–H and O–H groups in total. The van der Waals surface area contributed by atoms with Crippen LogP contribution in [0.3, 0.4) is 0 Å². The van der Waals surface area contributed by atoms with Crippen molar-refractivity contribution >= 4 is 0 Å². The third-order valence-electron chi connectivity index (χ3n) is 3.41. The molecule has 0 fully saturated rings. The second-order valence-electron chi connectivity index (χ2n) is 5.21. The molecule has 0 unspecified atom stereocenters. The summed E-state index contributed by atoms with van der Waals surface area (Å²) < 4.78 is 38.0. The average Bonchev–Trinajstić information content (AvgIpc) is 2.44. The zero-order valence-corrected chi connectivity index (χ0v) is 12.0. The smallest absolute Gasteiger partial charge is 0.306 e. The molecule has 0 aliphatic heterocycles. The van der Waals surface area contributed by atoms with Crippen molar-refractivity contribution in [3.05, 3.63) is 70.8 Å². The van der Waals surface area contributed by atoms with Crippen molar-refractivity contribution in [3.8, 4) is 0 Å². The number of aryl methyl sites for hydroxylation is 1. The second-order valence-corrected chi connectivity index (χ2v) is 5.21. The number of rotatable bonds is 4. The van der Waals surface area contributed by atoms with E-state index in [2.05, 4.69) is 11.4 Å². The van der Waals surface area contributed by atoms with Crippen molar-refractivity contribution in [2.45, 2.75) is 32.6 Å². The molecule has 0 saturated heterocycles. The Morgan fingerprint density at radius 1 is 1.05 bits per heavy atom. The van der Waals surface area contributed by atoms with Gasteiger partial charge in [-0.15, -0.1) is 0 Å². The van der Waals surface area contributed by atoms with Gasteiger partial charge >= 0.3 is 6.18 Å². The van der Waals surface area contributed by atoms with Crippen LogP contribution in [0.2, 0.25) is 0 Å². The Morgan fingerprint density at radius 2 is 1.76 bits per heavy atom. The third kappa shape index (κ3) is 4.33. The molecule has 1 nitrogen and oxygen atoms in total. The van der Waals surface area contributed by atoms with E-state index in [1.807, 2.05) is 32.0 Å². The summed E-state index contributed by atoms with van der Waals surface area (Å²) in [5, 5.41) is 3.25. The monoisotopic (exact) mass is 293 g/mol. The van der Waals surface area contributed by atoms with E-state index in [1.165, 1.54) is 17.7 Å². The maximum atomic E-state index is 12.7. The zero-order chi connectivity index (χ0) is 15.5. The van der Waals surface area contributed by atoms with Gasteiger partial charge in [0.1, 0.15) is 0 Å². The van der Waals surface area contributed by atoms with Gasteiger partial charge in [-0.1, -0.05) is 48.0 Å². The summed E-state index contributed by atoms with van der Waals surface area (Å²) in [4.78, 5) is 0. The van der Waals surface area contributed by atoms with Gasteiger partial charge in [0.2, 0.25) is 0 Å². The number of halogens is 3. The first-order chi connectivity index (χ1) is 9.86. The van der Waals surface area contributed by atoms with Gasteiger partial charge in [0.25, 0.3) is 0 Å². The number of benzene rings is 2. The lowest BCUT2D eigenvalue weighted by Gasteiger charge is -2.15. The number of nitrogens with one attached hydrogen (secondary N) is 1. The molecule has 2 rings (SSSR count). The molecule has 2 aromatic carbocycles.